The number of fused-ring (bicyclic) bond motifs is 1. The van der Waals surface area contributed by atoms with Crippen LogP contribution in [0, 0.1) is 0 Å². The molecule has 96 valence electrons. The van der Waals surface area contributed by atoms with Crippen LogP contribution in [-0.2, 0) is 6.61 Å². The number of phenolic OH excluding ortho intramolecular Hbond substituents is 1. The summed E-state index contributed by atoms with van der Waals surface area (Å²) in [5.41, 5.74) is 1.75. The third-order valence-electron chi connectivity index (χ3n) is 2.87. The van der Waals surface area contributed by atoms with Gasteiger partial charge in [-0.2, -0.15) is 0 Å². The topological polar surface area (TPSA) is 42.6 Å². The van der Waals surface area contributed by atoms with E-state index in [1.165, 1.54) is 0 Å². The number of aromatic hydroxyl groups is 1. The van der Waals surface area contributed by atoms with Crippen LogP contribution in [0.1, 0.15) is 5.56 Å². The maximum atomic E-state index is 9.65. The fraction of sp³-hybridized carbons (Fsp3) is 0.0667. The van der Waals surface area contributed by atoms with Crippen LogP contribution in [0.25, 0.3) is 11.0 Å². The minimum atomic E-state index is 0.134. The molecule has 0 spiro atoms. The summed E-state index contributed by atoms with van der Waals surface area (Å²) in [4.78, 5) is 0. The van der Waals surface area contributed by atoms with Crippen molar-refractivity contribution in [2.24, 2.45) is 0 Å². The molecular weight excluding hydrogens is 308 g/mol. The van der Waals surface area contributed by atoms with Crippen LogP contribution in [0.15, 0.2) is 57.6 Å². The molecule has 1 heterocycles. The third kappa shape index (κ3) is 2.31. The van der Waals surface area contributed by atoms with E-state index in [0.717, 1.165) is 21.0 Å². The molecule has 4 heteroatoms. The van der Waals surface area contributed by atoms with E-state index in [2.05, 4.69) is 15.9 Å². The number of benzene rings is 2. The average molecular weight is 319 g/mol. The number of para-hydroxylation sites is 2. The van der Waals surface area contributed by atoms with Gasteiger partial charge in [0, 0.05) is 15.4 Å². The molecule has 0 amide bonds. The summed E-state index contributed by atoms with van der Waals surface area (Å²) in [6.45, 7) is 0.340. The fourth-order valence-electron chi connectivity index (χ4n) is 1.95. The zero-order valence-electron chi connectivity index (χ0n) is 9.97. The molecule has 0 aliphatic carbocycles. The van der Waals surface area contributed by atoms with Gasteiger partial charge >= 0.3 is 0 Å². The van der Waals surface area contributed by atoms with E-state index < -0.39 is 0 Å². The first-order chi connectivity index (χ1) is 9.25. The highest BCUT2D eigenvalue weighted by Crippen LogP contribution is 2.31. The standard InChI is InChI=1S/C15H11BrO3/c16-11-4-3-7-14-15(11)10(9-19-14)8-18-13-6-2-1-5-12(13)17/h1-7,9,17H,8H2. The molecule has 0 aliphatic rings. The van der Waals surface area contributed by atoms with Gasteiger partial charge in [0.2, 0.25) is 0 Å². The van der Waals surface area contributed by atoms with Crippen LogP contribution in [0.4, 0.5) is 0 Å². The molecule has 3 aromatic rings. The number of phenols is 1. The second-order valence-corrected chi connectivity index (χ2v) is 4.98. The Balaban J connectivity index is 1.89. The predicted octanol–water partition coefficient (Wildman–Crippen LogP) is 4.48. The summed E-state index contributed by atoms with van der Waals surface area (Å²) in [7, 11) is 0. The highest BCUT2D eigenvalue weighted by Gasteiger charge is 2.10. The lowest BCUT2D eigenvalue weighted by Crippen LogP contribution is -1.94. The Morgan fingerprint density at radius 3 is 2.79 bits per heavy atom. The SMILES string of the molecule is Oc1ccccc1OCc1coc2cccc(Br)c12. The first-order valence-electron chi connectivity index (χ1n) is 5.81. The number of halogens is 1. The fourth-order valence-corrected chi connectivity index (χ4v) is 2.55. The van der Waals surface area contributed by atoms with Gasteiger partial charge in [0.25, 0.3) is 0 Å². The summed E-state index contributed by atoms with van der Waals surface area (Å²) in [5, 5.41) is 10.6. The molecule has 19 heavy (non-hydrogen) atoms. The van der Waals surface area contributed by atoms with Gasteiger partial charge in [-0.05, 0) is 24.3 Å². The normalized spacial score (nSPS) is 10.8. The smallest absolute Gasteiger partial charge is 0.161 e. The summed E-state index contributed by atoms with van der Waals surface area (Å²) in [5.74, 6) is 0.596. The van der Waals surface area contributed by atoms with Crippen molar-refractivity contribution in [2.45, 2.75) is 6.61 Å². The minimum absolute atomic E-state index is 0.134. The van der Waals surface area contributed by atoms with E-state index in [9.17, 15) is 5.11 Å². The molecule has 0 fully saturated rings. The van der Waals surface area contributed by atoms with E-state index in [4.69, 9.17) is 9.15 Å². The maximum Gasteiger partial charge on any atom is 0.161 e. The highest BCUT2D eigenvalue weighted by atomic mass is 79.9. The second-order valence-electron chi connectivity index (χ2n) is 4.13. The van der Waals surface area contributed by atoms with Crippen LogP contribution in [-0.4, -0.2) is 5.11 Å². The summed E-state index contributed by atoms with van der Waals surface area (Å²) >= 11 is 3.50. The molecule has 1 aromatic heterocycles. The molecule has 1 N–H and O–H groups in total. The molecule has 0 saturated heterocycles. The molecule has 0 bridgehead atoms. The third-order valence-corrected chi connectivity index (χ3v) is 3.53. The van der Waals surface area contributed by atoms with E-state index in [0.29, 0.717) is 12.4 Å². The highest BCUT2D eigenvalue weighted by molar-refractivity contribution is 9.10. The molecular formula is C15H11BrO3. The van der Waals surface area contributed by atoms with Gasteiger partial charge in [-0.25, -0.2) is 0 Å². The van der Waals surface area contributed by atoms with Crippen molar-refractivity contribution in [3.63, 3.8) is 0 Å². The van der Waals surface area contributed by atoms with Crippen molar-refractivity contribution in [1.82, 2.24) is 0 Å². The maximum absolute atomic E-state index is 9.65. The zero-order valence-corrected chi connectivity index (χ0v) is 11.6. The van der Waals surface area contributed by atoms with Crippen LogP contribution in [0.3, 0.4) is 0 Å². The summed E-state index contributed by atoms with van der Waals surface area (Å²) in [6.07, 6.45) is 1.68. The first-order valence-corrected chi connectivity index (χ1v) is 6.60. The van der Waals surface area contributed by atoms with Crippen LogP contribution >= 0.6 is 15.9 Å². The van der Waals surface area contributed by atoms with E-state index in [-0.39, 0.29) is 5.75 Å². The van der Waals surface area contributed by atoms with Gasteiger partial charge in [-0.15, -0.1) is 0 Å². The Morgan fingerprint density at radius 2 is 1.95 bits per heavy atom. The summed E-state index contributed by atoms with van der Waals surface area (Å²) < 4.78 is 12.1. The Bertz CT molecular complexity index is 718. The van der Waals surface area contributed by atoms with Crippen molar-refractivity contribution in [2.75, 3.05) is 0 Å². The van der Waals surface area contributed by atoms with Crippen LogP contribution in [0.5, 0.6) is 11.5 Å². The number of rotatable bonds is 3. The monoisotopic (exact) mass is 318 g/mol. The van der Waals surface area contributed by atoms with Crippen molar-refractivity contribution in [3.8, 4) is 11.5 Å². The molecule has 0 unspecified atom stereocenters. The Hall–Kier alpha value is -1.94. The Morgan fingerprint density at radius 1 is 1.11 bits per heavy atom. The first kappa shape index (κ1) is 12.1. The van der Waals surface area contributed by atoms with Gasteiger partial charge in [0.15, 0.2) is 11.5 Å². The van der Waals surface area contributed by atoms with Gasteiger partial charge in [-0.3, -0.25) is 0 Å². The lowest BCUT2D eigenvalue weighted by molar-refractivity contribution is 0.289. The summed E-state index contributed by atoms with van der Waals surface area (Å²) in [6, 6.07) is 12.7. The molecule has 0 saturated carbocycles. The van der Waals surface area contributed by atoms with E-state index >= 15 is 0 Å². The minimum Gasteiger partial charge on any atom is -0.504 e. The number of ether oxygens (including phenoxy) is 1. The van der Waals surface area contributed by atoms with E-state index in [1.807, 2.05) is 24.3 Å². The van der Waals surface area contributed by atoms with Crippen molar-refractivity contribution < 1.29 is 14.3 Å². The second kappa shape index (κ2) is 4.97. The van der Waals surface area contributed by atoms with Crippen molar-refractivity contribution >= 4 is 26.9 Å². The zero-order chi connectivity index (χ0) is 13.2. The number of hydrogen-bond donors (Lipinski definition) is 1. The van der Waals surface area contributed by atoms with Gasteiger partial charge in [0.05, 0.1) is 6.26 Å². The lowest BCUT2D eigenvalue weighted by Gasteiger charge is -2.06. The van der Waals surface area contributed by atoms with Gasteiger partial charge in [0.1, 0.15) is 12.2 Å². The lowest BCUT2D eigenvalue weighted by atomic mass is 10.2. The molecule has 0 radical (unpaired) electrons. The van der Waals surface area contributed by atoms with Crippen molar-refractivity contribution in [3.05, 3.63) is 58.8 Å². The molecule has 0 aliphatic heterocycles. The number of hydrogen-bond acceptors (Lipinski definition) is 3. The average Bonchev–Trinajstić information content (AvgIpc) is 2.83. The van der Waals surface area contributed by atoms with Gasteiger partial charge < -0.3 is 14.3 Å². The molecule has 3 rings (SSSR count). The Labute approximate surface area is 118 Å². The molecule has 3 nitrogen and oxygen atoms in total. The van der Waals surface area contributed by atoms with E-state index in [1.54, 1.807) is 24.5 Å². The molecule has 0 atom stereocenters. The van der Waals surface area contributed by atoms with Crippen LogP contribution < -0.4 is 4.74 Å². The predicted molar refractivity (Wildman–Crippen MR) is 76.4 cm³/mol. The van der Waals surface area contributed by atoms with Crippen molar-refractivity contribution in [1.29, 1.82) is 0 Å². The number of furan rings is 1. The largest absolute Gasteiger partial charge is 0.504 e. The molecule has 2 aromatic carbocycles. The van der Waals surface area contributed by atoms with Gasteiger partial charge in [-0.1, -0.05) is 34.1 Å². The quantitative estimate of drug-likeness (QED) is 0.774. The Kier molecular flexibility index (Phi) is 3.17. The van der Waals surface area contributed by atoms with Crippen LogP contribution in [0.2, 0.25) is 0 Å².